The molecule has 108 valence electrons. The number of aryl methyl sites for hydroxylation is 1. The van der Waals surface area contributed by atoms with E-state index >= 15 is 0 Å². The smallest absolute Gasteiger partial charge is 0.0486 e. The third-order valence-corrected chi connectivity index (χ3v) is 4.56. The molecule has 0 spiro atoms. The third kappa shape index (κ3) is 2.46. The molecule has 2 nitrogen and oxygen atoms in total. The predicted molar refractivity (Wildman–Crippen MR) is 88.7 cm³/mol. The van der Waals surface area contributed by atoms with Crippen LogP contribution in [-0.2, 0) is 0 Å². The fourth-order valence-electron chi connectivity index (χ4n) is 3.34. The maximum atomic E-state index is 4.55. The van der Waals surface area contributed by atoms with Gasteiger partial charge in [0.25, 0.3) is 0 Å². The van der Waals surface area contributed by atoms with Crippen molar-refractivity contribution in [2.75, 3.05) is 0 Å². The van der Waals surface area contributed by atoms with Crippen molar-refractivity contribution in [3.8, 4) is 0 Å². The van der Waals surface area contributed by atoms with Gasteiger partial charge in [0.1, 0.15) is 0 Å². The van der Waals surface area contributed by atoms with E-state index in [1.807, 2.05) is 18.5 Å². The van der Waals surface area contributed by atoms with E-state index in [-0.39, 0.29) is 0 Å². The summed E-state index contributed by atoms with van der Waals surface area (Å²) < 4.78 is 0. The summed E-state index contributed by atoms with van der Waals surface area (Å²) in [6, 6.07) is 12.9. The SMILES string of the molecule is CCC(c1ccc(C)c2[nH]ccc12)C(C)c1ccccn1. The van der Waals surface area contributed by atoms with Gasteiger partial charge < -0.3 is 4.98 Å². The standard InChI is InChI=1S/C19H22N2/c1-4-15(14(3)18-7-5-6-11-20-18)16-9-8-13(2)19-17(16)10-12-21-19/h5-12,14-15,21H,4H2,1-3H3. The van der Waals surface area contributed by atoms with Crippen molar-refractivity contribution in [2.45, 2.75) is 39.0 Å². The molecule has 3 aromatic rings. The van der Waals surface area contributed by atoms with Gasteiger partial charge in [0.05, 0.1) is 0 Å². The van der Waals surface area contributed by atoms with Gasteiger partial charge in [0.2, 0.25) is 0 Å². The molecule has 0 fully saturated rings. The second-order valence-corrected chi connectivity index (χ2v) is 5.80. The molecule has 0 aliphatic heterocycles. The first-order valence-corrected chi connectivity index (χ1v) is 7.70. The van der Waals surface area contributed by atoms with E-state index in [1.54, 1.807) is 0 Å². The topological polar surface area (TPSA) is 28.7 Å². The maximum absolute atomic E-state index is 4.55. The van der Waals surface area contributed by atoms with E-state index in [0.29, 0.717) is 11.8 Å². The molecule has 0 aliphatic rings. The Kier molecular flexibility index (Phi) is 3.78. The average Bonchev–Trinajstić information content (AvgIpc) is 3.01. The molecule has 2 heteroatoms. The minimum atomic E-state index is 0.414. The molecule has 2 atom stereocenters. The first-order chi connectivity index (χ1) is 10.2. The number of benzene rings is 1. The molecule has 2 unspecified atom stereocenters. The number of pyridine rings is 1. The van der Waals surface area contributed by atoms with Gasteiger partial charge in [-0.05, 0) is 48.6 Å². The Balaban J connectivity index is 2.06. The summed E-state index contributed by atoms with van der Waals surface area (Å²) in [5.74, 6) is 0.899. The molecule has 1 N–H and O–H groups in total. The molecule has 0 saturated carbocycles. The molecule has 0 amide bonds. The molecule has 3 rings (SSSR count). The number of aromatic nitrogens is 2. The first-order valence-electron chi connectivity index (χ1n) is 7.70. The van der Waals surface area contributed by atoms with Crippen molar-refractivity contribution in [1.82, 2.24) is 9.97 Å². The highest BCUT2D eigenvalue weighted by Gasteiger charge is 2.22. The van der Waals surface area contributed by atoms with Gasteiger partial charge in [-0.3, -0.25) is 4.98 Å². The van der Waals surface area contributed by atoms with Crippen molar-refractivity contribution >= 4 is 10.9 Å². The molecule has 1 aromatic carbocycles. The fourth-order valence-corrected chi connectivity index (χ4v) is 3.34. The molecule has 0 radical (unpaired) electrons. The molecule has 21 heavy (non-hydrogen) atoms. The van der Waals surface area contributed by atoms with E-state index in [0.717, 1.165) is 6.42 Å². The number of nitrogens with zero attached hydrogens (tertiary/aromatic N) is 1. The van der Waals surface area contributed by atoms with Gasteiger partial charge in [-0.25, -0.2) is 0 Å². The van der Waals surface area contributed by atoms with E-state index in [1.165, 1.54) is 27.7 Å². The van der Waals surface area contributed by atoms with Crippen LogP contribution in [-0.4, -0.2) is 9.97 Å². The van der Waals surface area contributed by atoms with Crippen molar-refractivity contribution in [2.24, 2.45) is 0 Å². The van der Waals surface area contributed by atoms with Crippen LogP contribution in [0.5, 0.6) is 0 Å². The Hall–Kier alpha value is -2.09. The molecule has 2 heterocycles. The van der Waals surface area contributed by atoms with Crippen LogP contribution in [0.3, 0.4) is 0 Å². The fraction of sp³-hybridized carbons (Fsp3) is 0.316. The van der Waals surface area contributed by atoms with Crippen LogP contribution in [0, 0.1) is 6.92 Å². The van der Waals surface area contributed by atoms with Crippen LogP contribution in [0.15, 0.2) is 48.8 Å². The molecule has 2 aromatic heterocycles. The second kappa shape index (κ2) is 5.72. The number of hydrogen-bond acceptors (Lipinski definition) is 1. The maximum Gasteiger partial charge on any atom is 0.0486 e. The number of hydrogen-bond donors (Lipinski definition) is 1. The van der Waals surface area contributed by atoms with Crippen molar-refractivity contribution in [1.29, 1.82) is 0 Å². The van der Waals surface area contributed by atoms with Crippen molar-refractivity contribution in [3.05, 3.63) is 65.6 Å². The molecular formula is C19H22N2. The lowest BCUT2D eigenvalue weighted by Gasteiger charge is -2.24. The van der Waals surface area contributed by atoms with E-state index in [9.17, 15) is 0 Å². The minimum absolute atomic E-state index is 0.414. The molecule has 0 saturated heterocycles. The summed E-state index contributed by atoms with van der Waals surface area (Å²) in [5, 5.41) is 1.35. The van der Waals surface area contributed by atoms with E-state index < -0.39 is 0 Å². The van der Waals surface area contributed by atoms with Crippen LogP contribution in [0.1, 0.15) is 48.9 Å². The van der Waals surface area contributed by atoms with Crippen molar-refractivity contribution < 1.29 is 0 Å². The zero-order valence-corrected chi connectivity index (χ0v) is 12.9. The third-order valence-electron chi connectivity index (χ3n) is 4.56. The van der Waals surface area contributed by atoms with Gasteiger partial charge in [-0.15, -0.1) is 0 Å². The summed E-state index contributed by atoms with van der Waals surface area (Å²) in [4.78, 5) is 7.92. The highest BCUT2D eigenvalue weighted by molar-refractivity contribution is 5.86. The number of rotatable bonds is 4. The summed E-state index contributed by atoms with van der Waals surface area (Å²) in [7, 11) is 0. The number of aromatic amines is 1. The lowest BCUT2D eigenvalue weighted by molar-refractivity contribution is 0.551. The quantitative estimate of drug-likeness (QED) is 0.701. The second-order valence-electron chi connectivity index (χ2n) is 5.80. The monoisotopic (exact) mass is 278 g/mol. The summed E-state index contributed by atoms with van der Waals surface area (Å²) in [6.45, 7) is 6.71. The van der Waals surface area contributed by atoms with Crippen LogP contribution in [0.2, 0.25) is 0 Å². The molecule has 0 aliphatic carbocycles. The Morgan fingerprint density at radius 1 is 1.14 bits per heavy atom. The number of H-pyrrole nitrogens is 1. The minimum Gasteiger partial charge on any atom is -0.361 e. The average molecular weight is 278 g/mol. The predicted octanol–water partition coefficient (Wildman–Crippen LogP) is 5.17. The summed E-state index contributed by atoms with van der Waals surface area (Å²) >= 11 is 0. The number of nitrogens with one attached hydrogen (secondary N) is 1. The zero-order chi connectivity index (χ0) is 14.8. The Morgan fingerprint density at radius 3 is 2.71 bits per heavy atom. The van der Waals surface area contributed by atoms with Gasteiger partial charge in [0.15, 0.2) is 0 Å². The zero-order valence-electron chi connectivity index (χ0n) is 12.9. The summed E-state index contributed by atoms with van der Waals surface area (Å²) in [5.41, 5.74) is 5.17. The highest BCUT2D eigenvalue weighted by atomic mass is 14.7. The van der Waals surface area contributed by atoms with E-state index in [4.69, 9.17) is 0 Å². The van der Waals surface area contributed by atoms with E-state index in [2.05, 4.69) is 61.1 Å². The first kappa shape index (κ1) is 13.9. The van der Waals surface area contributed by atoms with Crippen LogP contribution in [0.25, 0.3) is 10.9 Å². The highest BCUT2D eigenvalue weighted by Crippen LogP contribution is 2.38. The van der Waals surface area contributed by atoms with Crippen LogP contribution >= 0.6 is 0 Å². The van der Waals surface area contributed by atoms with Gasteiger partial charge in [0, 0.05) is 34.9 Å². The largest absolute Gasteiger partial charge is 0.361 e. The van der Waals surface area contributed by atoms with Crippen LogP contribution < -0.4 is 0 Å². The number of fused-ring (bicyclic) bond motifs is 1. The van der Waals surface area contributed by atoms with Gasteiger partial charge >= 0.3 is 0 Å². The Morgan fingerprint density at radius 2 is 2.00 bits per heavy atom. The lowest BCUT2D eigenvalue weighted by atomic mass is 9.81. The molecule has 0 bridgehead atoms. The van der Waals surface area contributed by atoms with Crippen molar-refractivity contribution in [3.63, 3.8) is 0 Å². The van der Waals surface area contributed by atoms with Crippen LogP contribution in [0.4, 0.5) is 0 Å². The van der Waals surface area contributed by atoms with Gasteiger partial charge in [-0.2, -0.15) is 0 Å². The lowest BCUT2D eigenvalue weighted by Crippen LogP contribution is -2.09. The van der Waals surface area contributed by atoms with Gasteiger partial charge in [-0.1, -0.05) is 32.0 Å². The Labute approximate surface area is 126 Å². The normalized spacial score (nSPS) is 14.2. The summed E-state index contributed by atoms with van der Waals surface area (Å²) in [6.07, 6.45) is 5.04. The Bertz CT molecular complexity index is 728. The molecular weight excluding hydrogens is 256 g/mol.